The molecule has 0 atom stereocenters. The Morgan fingerprint density at radius 1 is 1.45 bits per heavy atom. The number of halogens is 1. The minimum atomic E-state index is -0.484. The van der Waals surface area contributed by atoms with Crippen molar-refractivity contribution in [2.75, 3.05) is 0 Å². The van der Waals surface area contributed by atoms with E-state index in [0.29, 0.717) is 5.02 Å². The third-order valence-corrected chi connectivity index (χ3v) is 3.99. The summed E-state index contributed by atoms with van der Waals surface area (Å²) in [7, 11) is 0. The summed E-state index contributed by atoms with van der Waals surface area (Å²) < 4.78 is 0. The van der Waals surface area contributed by atoms with Gasteiger partial charge in [0.25, 0.3) is 5.91 Å². The van der Waals surface area contributed by atoms with Gasteiger partial charge in [0.15, 0.2) is 0 Å². The monoisotopic (exact) mass is 308 g/mol. The molecule has 0 aliphatic heterocycles. The zero-order chi connectivity index (χ0) is 14.5. The molecule has 2 N–H and O–H groups in total. The first kappa shape index (κ1) is 14.6. The SMILES string of the molecule is CCc1ccc(/C=N\NC(=O)c2ccc(Cl)cc2O)s1. The first-order valence-electron chi connectivity index (χ1n) is 6.00. The first-order chi connectivity index (χ1) is 9.60. The Balaban J connectivity index is 2.01. The molecular formula is C14H13ClN2O2S. The van der Waals surface area contributed by atoms with Crippen molar-refractivity contribution in [1.82, 2.24) is 5.43 Å². The standard InChI is InChI=1S/C14H13ClN2O2S/c1-2-10-4-5-11(20-10)8-16-17-14(19)12-6-3-9(15)7-13(12)18/h3-8,18H,2H2,1H3,(H,17,19)/b16-8-. The highest BCUT2D eigenvalue weighted by atomic mass is 35.5. The van der Waals surface area contributed by atoms with E-state index in [9.17, 15) is 9.90 Å². The summed E-state index contributed by atoms with van der Waals surface area (Å²) in [4.78, 5) is 14.0. The van der Waals surface area contributed by atoms with Crippen LogP contribution in [0.15, 0.2) is 35.4 Å². The molecule has 20 heavy (non-hydrogen) atoms. The maximum Gasteiger partial charge on any atom is 0.275 e. The number of nitrogens with zero attached hydrogens (tertiary/aromatic N) is 1. The third kappa shape index (κ3) is 3.59. The van der Waals surface area contributed by atoms with Crippen LogP contribution in [-0.4, -0.2) is 17.2 Å². The van der Waals surface area contributed by atoms with Gasteiger partial charge < -0.3 is 5.11 Å². The molecule has 0 aliphatic carbocycles. The molecule has 1 aromatic carbocycles. The second-order valence-corrected chi connectivity index (χ2v) is 5.65. The summed E-state index contributed by atoms with van der Waals surface area (Å²) in [6.45, 7) is 2.08. The molecule has 1 heterocycles. The van der Waals surface area contributed by atoms with Crippen molar-refractivity contribution >= 4 is 35.1 Å². The Morgan fingerprint density at radius 3 is 2.90 bits per heavy atom. The average molecular weight is 309 g/mol. The van der Waals surface area contributed by atoms with Crippen LogP contribution in [0.5, 0.6) is 5.75 Å². The minimum absolute atomic E-state index is 0.131. The highest BCUT2D eigenvalue weighted by Gasteiger charge is 2.10. The summed E-state index contributed by atoms with van der Waals surface area (Å²) in [5.41, 5.74) is 2.50. The number of aromatic hydroxyl groups is 1. The molecule has 0 fully saturated rings. The van der Waals surface area contributed by atoms with Crippen molar-refractivity contribution in [2.45, 2.75) is 13.3 Å². The molecule has 0 aliphatic rings. The minimum Gasteiger partial charge on any atom is -0.507 e. The number of phenols is 1. The molecule has 0 bridgehead atoms. The summed E-state index contributed by atoms with van der Waals surface area (Å²) in [6, 6.07) is 8.26. The second-order valence-electron chi connectivity index (χ2n) is 4.02. The van der Waals surface area contributed by atoms with Gasteiger partial charge in [0.2, 0.25) is 0 Å². The van der Waals surface area contributed by atoms with Crippen LogP contribution >= 0.6 is 22.9 Å². The van der Waals surface area contributed by atoms with Crippen LogP contribution in [0.25, 0.3) is 0 Å². The molecule has 4 nitrogen and oxygen atoms in total. The van der Waals surface area contributed by atoms with E-state index in [1.807, 2.05) is 12.1 Å². The molecule has 0 spiro atoms. The number of hydrogen-bond donors (Lipinski definition) is 2. The van der Waals surface area contributed by atoms with E-state index in [-0.39, 0.29) is 11.3 Å². The molecule has 6 heteroatoms. The molecule has 0 saturated heterocycles. The lowest BCUT2D eigenvalue weighted by Gasteiger charge is -2.02. The lowest BCUT2D eigenvalue weighted by atomic mass is 10.2. The zero-order valence-corrected chi connectivity index (χ0v) is 12.3. The number of carbonyl (C=O) groups is 1. The molecule has 1 amide bonds. The van der Waals surface area contributed by atoms with Crippen molar-refractivity contribution in [3.8, 4) is 5.75 Å². The number of thiophene rings is 1. The highest BCUT2D eigenvalue weighted by molar-refractivity contribution is 7.13. The molecular weight excluding hydrogens is 296 g/mol. The summed E-state index contributed by atoms with van der Waals surface area (Å²) >= 11 is 7.32. The fourth-order valence-corrected chi connectivity index (χ4v) is 2.56. The first-order valence-corrected chi connectivity index (χ1v) is 7.20. The van der Waals surface area contributed by atoms with E-state index in [1.165, 1.54) is 23.1 Å². The van der Waals surface area contributed by atoms with Crippen molar-refractivity contribution in [3.63, 3.8) is 0 Å². The molecule has 2 rings (SSSR count). The van der Waals surface area contributed by atoms with E-state index < -0.39 is 5.91 Å². The van der Waals surface area contributed by atoms with Gasteiger partial charge >= 0.3 is 0 Å². The molecule has 1 aromatic heterocycles. The van der Waals surface area contributed by atoms with Gasteiger partial charge in [-0.2, -0.15) is 5.10 Å². The van der Waals surface area contributed by atoms with Crippen molar-refractivity contribution < 1.29 is 9.90 Å². The van der Waals surface area contributed by atoms with Gasteiger partial charge in [-0.15, -0.1) is 11.3 Å². The number of hydrogen-bond acceptors (Lipinski definition) is 4. The Morgan fingerprint density at radius 2 is 2.25 bits per heavy atom. The number of carbonyl (C=O) groups excluding carboxylic acids is 1. The largest absolute Gasteiger partial charge is 0.507 e. The number of nitrogens with one attached hydrogen (secondary N) is 1. The van der Waals surface area contributed by atoms with Gasteiger partial charge in [0.1, 0.15) is 5.75 Å². The van der Waals surface area contributed by atoms with Crippen LogP contribution in [0.2, 0.25) is 5.02 Å². The molecule has 0 unspecified atom stereocenters. The molecule has 0 saturated carbocycles. The zero-order valence-electron chi connectivity index (χ0n) is 10.8. The number of phenolic OH excluding ortho intramolecular Hbond substituents is 1. The van der Waals surface area contributed by atoms with Crippen LogP contribution in [-0.2, 0) is 6.42 Å². The lowest BCUT2D eigenvalue weighted by molar-refractivity contribution is 0.0952. The predicted octanol–water partition coefficient (Wildman–Crippen LogP) is 3.43. The smallest absolute Gasteiger partial charge is 0.275 e. The van der Waals surface area contributed by atoms with Gasteiger partial charge in [-0.3, -0.25) is 4.79 Å². The lowest BCUT2D eigenvalue weighted by Crippen LogP contribution is -2.17. The topological polar surface area (TPSA) is 61.7 Å². The average Bonchev–Trinajstić information content (AvgIpc) is 2.86. The van der Waals surface area contributed by atoms with Gasteiger partial charge in [-0.05, 0) is 36.8 Å². The van der Waals surface area contributed by atoms with Gasteiger partial charge in [-0.1, -0.05) is 18.5 Å². The van der Waals surface area contributed by atoms with Crippen LogP contribution in [0.1, 0.15) is 27.0 Å². The van der Waals surface area contributed by atoms with Crippen molar-refractivity contribution in [2.24, 2.45) is 5.10 Å². The number of rotatable bonds is 4. The maximum absolute atomic E-state index is 11.8. The van der Waals surface area contributed by atoms with E-state index in [2.05, 4.69) is 17.5 Å². The van der Waals surface area contributed by atoms with E-state index in [1.54, 1.807) is 17.6 Å². The Hall–Kier alpha value is -1.85. The Bertz CT molecular complexity index is 652. The van der Waals surface area contributed by atoms with Gasteiger partial charge in [0.05, 0.1) is 11.8 Å². The van der Waals surface area contributed by atoms with E-state index in [4.69, 9.17) is 11.6 Å². The van der Waals surface area contributed by atoms with E-state index in [0.717, 1.165) is 11.3 Å². The highest BCUT2D eigenvalue weighted by Crippen LogP contribution is 2.21. The van der Waals surface area contributed by atoms with Crippen LogP contribution < -0.4 is 5.43 Å². The van der Waals surface area contributed by atoms with Crippen LogP contribution in [0.3, 0.4) is 0 Å². The summed E-state index contributed by atoms with van der Waals surface area (Å²) in [5.74, 6) is -0.655. The number of amides is 1. The van der Waals surface area contributed by atoms with Crippen LogP contribution in [0.4, 0.5) is 0 Å². The van der Waals surface area contributed by atoms with Gasteiger partial charge in [-0.25, -0.2) is 5.43 Å². The van der Waals surface area contributed by atoms with Crippen molar-refractivity contribution in [1.29, 1.82) is 0 Å². The predicted molar refractivity (Wildman–Crippen MR) is 81.9 cm³/mol. The summed E-state index contributed by atoms with van der Waals surface area (Å²) in [5, 5.41) is 13.9. The molecule has 0 radical (unpaired) electrons. The van der Waals surface area contributed by atoms with E-state index >= 15 is 0 Å². The van der Waals surface area contributed by atoms with Crippen molar-refractivity contribution in [3.05, 3.63) is 50.7 Å². The number of hydrazone groups is 1. The quantitative estimate of drug-likeness (QED) is 0.671. The fourth-order valence-electron chi connectivity index (χ4n) is 1.57. The Kier molecular flexibility index (Phi) is 4.76. The maximum atomic E-state index is 11.8. The number of benzene rings is 1. The normalized spacial score (nSPS) is 10.9. The number of aryl methyl sites for hydroxylation is 1. The fraction of sp³-hybridized carbons (Fsp3) is 0.143. The second kappa shape index (κ2) is 6.54. The Labute approximate surface area is 125 Å². The van der Waals surface area contributed by atoms with Crippen LogP contribution in [0, 0.1) is 0 Å². The molecule has 104 valence electrons. The molecule has 2 aromatic rings. The summed E-state index contributed by atoms with van der Waals surface area (Å²) in [6.07, 6.45) is 2.55. The van der Waals surface area contributed by atoms with Gasteiger partial charge in [0, 0.05) is 14.8 Å². The third-order valence-electron chi connectivity index (χ3n) is 2.59.